The van der Waals surface area contributed by atoms with Crippen LogP contribution >= 0.6 is 0 Å². The third-order valence-electron chi connectivity index (χ3n) is 9.19. The van der Waals surface area contributed by atoms with Gasteiger partial charge in [0, 0.05) is 29.9 Å². The number of benzene rings is 4. The van der Waals surface area contributed by atoms with Crippen molar-refractivity contribution in [3.05, 3.63) is 125 Å². The molecule has 4 aromatic rings. The molecule has 0 saturated carbocycles. The van der Waals surface area contributed by atoms with E-state index in [1.165, 1.54) is 21.1 Å². The van der Waals surface area contributed by atoms with Crippen molar-refractivity contribution in [3.63, 3.8) is 0 Å². The Morgan fingerprint density at radius 2 is 1.50 bits per heavy atom. The summed E-state index contributed by atoms with van der Waals surface area (Å²) >= 11 is 0. The van der Waals surface area contributed by atoms with Crippen molar-refractivity contribution in [2.45, 2.75) is 24.4 Å². The molecule has 0 aliphatic carbocycles. The fourth-order valence-corrected chi connectivity index (χ4v) is 7.36. The van der Waals surface area contributed by atoms with Crippen LogP contribution in [0.5, 0.6) is 17.2 Å². The molecule has 1 fully saturated rings. The number of amides is 1. The Morgan fingerprint density at radius 3 is 2.24 bits per heavy atom. The van der Waals surface area contributed by atoms with Gasteiger partial charge in [0.1, 0.15) is 17.2 Å². The summed E-state index contributed by atoms with van der Waals surface area (Å²) in [7, 11) is 2.99. The van der Waals surface area contributed by atoms with Gasteiger partial charge in [0.25, 0.3) is 0 Å². The van der Waals surface area contributed by atoms with E-state index in [1.54, 1.807) is 42.5 Å². The van der Waals surface area contributed by atoms with E-state index in [-0.39, 0.29) is 23.0 Å². The van der Waals surface area contributed by atoms with E-state index in [0.29, 0.717) is 34.1 Å². The number of para-hydroxylation sites is 1. The molecule has 7 rings (SSSR count). The van der Waals surface area contributed by atoms with E-state index in [9.17, 15) is 14.4 Å². The summed E-state index contributed by atoms with van der Waals surface area (Å²) in [6.07, 6.45) is 3.73. The zero-order chi connectivity index (χ0) is 32.2. The van der Waals surface area contributed by atoms with Crippen LogP contribution in [-0.4, -0.2) is 48.6 Å². The highest BCUT2D eigenvalue weighted by Crippen LogP contribution is 2.62. The van der Waals surface area contributed by atoms with Gasteiger partial charge in [-0.05, 0) is 71.3 Å². The molecule has 9 nitrogen and oxygen atoms in total. The summed E-state index contributed by atoms with van der Waals surface area (Å²) in [5, 5.41) is 3.05. The van der Waals surface area contributed by atoms with Gasteiger partial charge in [0.15, 0.2) is 23.1 Å². The molecule has 46 heavy (non-hydrogen) atoms. The molecule has 4 atom stereocenters. The van der Waals surface area contributed by atoms with Gasteiger partial charge in [-0.15, -0.1) is 0 Å². The van der Waals surface area contributed by atoms with Crippen LogP contribution in [0, 0.1) is 5.92 Å². The number of carbonyl (C=O) groups is 4. The molecule has 1 N–H and O–H groups in total. The Balaban J connectivity index is 1.48. The number of hydrogen-bond acceptors (Lipinski definition) is 8. The molecule has 0 bridgehead atoms. The van der Waals surface area contributed by atoms with Crippen LogP contribution in [0.25, 0.3) is 6.08 Å². The summed E-state index contributed by atoms with van der Waals surface area (Å²) < 4.78 is 16.1. The van der Waals surface area contributed by atoms with E-state index in [0.717, 1.165) is 11.1 Å². The number of Topliss-reactive ketones (excluding diaryl/α,β-unsaturated/α-hetero) is 2. The summed E-state index contributed by atoms with van der Waals surface area (Å²) in [4.78, 5) is 57.8. The monoisotopic (exact) mass is 614 g/mol. The topological polar surface area (TPSA) is 111 Å². The Labute approximate surface area is 265 Å². The number of hydrogen-bond donors (Lipinski definition) is 1. The summed E-state index contributed by atoms with van der Waals surface area (Å²) in [5.41, 5.74) is 2.10. The number of esters is 1. The molecule has 230 valence electrons. The van der Waals surface area contributed by atoms with Crippen molar-refractivity contribution < 1.29 is 33.4 Å². The first-order valence-corrected chi connectivity index (χ1v) is 14.8. The molecule has 3 aliphatic heterocycles. The van der Waals surface area contributed by atoms with Gasteiger partial charge in [-0.1, -0.05) is 42.5 Å². The minimum Gasteiger partial charge on any atom is -0.493 e. The molecule has 0 aromatic heterocycles. The number of carbonyl (C=O) groups excluding carboxylic acids is 4. The first kappa shape index (κ1) is 29.0. The van der Waals surface area contributed by atoms with Gasteiger partial charge >= 0.3 is 5.97 Å². The van der Waals surface area contributed by atoms with Crippen molar-refractivity contribution in [1.29, 1.82) is 0 Å². The van der Waals surface area contributed by atoms with E-state index >= 15 is 4.79 Å². The molecule has 9 heteroatoms. The SMILES string of the molecule is COc1ccc(C(=O)[C@@H]2[C@H](C(=O)c3ccc(OC(C)=O)cc3)N3C=Cc4ccccc4[C@H]3[C@@]23C(=O)Nc2ccccc23)cc1OC. The second-order valence-electron chi connectivity index (χ2n) is 11.5. The molecule has 1 amide bonds. The molecule has 0 radical (unpaired) electrons. The van der Waals surface area contributed by atoms with Gasteiger partial charge < -0.3 is 24.4 Å². The first-order chi connectivity index (χ1) is 22.3. The maximum Gasteiger partial charge on any atom is 0.308 e. The summed E-state index contributed by atoms with van der Waals surface area (Å²) in [6.45, 7) is 1.30. The molecule has 1 spiro atoms. The number of nitrogens with one attached hydrogen (secondary N) is 1. The molecular formula is C37H30N2O7. The highest BCUT2D eigenvalue weighted by Gasteiger charge is 2.70. The van der Waals surface area contributed by atoms with E-state index in [4.69, 9.17) is 14.2 Å². The van der Waals surface area contributed by atoms with Gasteiger partial charge in [0.05, 0.1) is 26.2 Å². The maximum absolute atomic E-state index is 15.1. The Kier molecular flexibility index (Phi) is 6.96. The van der Waals surface area contributed by atoms with Crippen molar-refractivity contribution in [2.75, 3.05) is 19.5 Å². The number of methoxy groups -OCH3 is 2. The lowest BCUT2D eigenvalue weighted by molar-refractivity contribution is -0.131. The van der Waals surface area contributed by atoms with E-state index in [2.05, 4.69) is 5.32 Å². The number of ether oxygens (including phenoxy) is 3. The Morgan fingerprint density at radius 1 is 0.804 bits per heavy atom. The number of nitrogens with zero attached hydrogens (tertiary/aromatic N) is 1. The number of rotatable bonds is 7. The van der Waals surface area contributed by atoms with Gasteiger partial charge in [-0.3, -0.25) is 19.2 Å². The minimum atomic E-state index is -1.47. The summed E-state index contributed by atoms with van der Waals surface area (Å²) in [6, 6.07) is 24.4. The average Bonchev–Trinajstić information content (AvgIpc) is 3.55. The molecular weight excluding hydrogens is 584 g/mol. The van der Waals surface area contributed by atoms with Crippen molar-refractivity contribution in [1.82, 2.24) is 4.90 Å². The predicted octanol–water partition coefficient (Wildman–Crippen LogP) is 5.61. The Hall–Kier alpha value is -5.70. The first-order valence-electron chi connectivity index (χ1n) is 14.8. The van der Waals surface area contributed by atoms with Gasteiger partial charge in [0.2, 0.25) is 5.91 Å². The van der Waals surface area contributed by atoms with Crippen LogP contribution in [-0.2, 0) is 15.0 Å². The van der Waals surface area contributed by atoms with Gasteiger partial charge in [-0.2, -0.15) is 0 Å². The predicted molar refractivity (Wildman–Crippen MR) is 170 cm³/mol. The van der Waals surface area contributed by atoms with Crippen LogP contribution in [0.1, 0.15) is 50.4 Å². The van der Waals surface area contributed by atoms with Crippen LogP contribution in [0.15, 0.2) is 97.2 Å². The smallest absolute Gasteiger partial charge is 0.308 e. The van der Waals surface area contributed by atoms with Crippen molar-refractivity contribution >= 4 is 35.2 Å². The van der Waals surface area contributed by atoms with E-state index < -0.39 is 29.4 Å². The molecule has 3 heterocycles. The molecule has 0 unspecified atom stereocenters. The fraction of sp³-hybridized carbons (Fsp3) is 0.189. The third kappa shape index (κ3) is 4.23. The average molecular weight is 615 g/mol. The fourth-order valence-electron chi connectivity index (χ4n) is 7.36. The highest BCUT2D eigenvalue weighted by molar-refractivity contribution is 6.16. The van der Waals surface area contributed by atoms with Gasteiger partial charge in [-0.25, -0.2) is 0 Å². The highest BCUT2D eigenvalue weighted by atomic mass is 16.5. The second kappa shape index (κ2) is 11.0. The lowest BCUT2D eigenvalue weighted by Crippen LogP contribution is -2.49. The molecule has 1 saturated heterocycles. The third-order valence-corrected chi connectivity index (χ3v) is 9.19. The molecule has 4 aromatic carbocycles. The second-order valence-corrected chi connectivity index (χ2v) is 11.5. The number of anilines is 1. The minimum absolute atomic E-state index is 0.277. The maximum atomic E-state index is 15.1. The van der Waals surface area contributed by atoms with Crippen molar-refractivity contribution in [3.8, 4) is 17.2 Å². The lowest BCUT2D eigenvalue weighted by atomic mass is 9.62. The lowest BCUT2D eigenvalue weighted by Gasteiger charge is -2.38. The van der Waals surface area contributed by atoms with Crippen LogP contribution in [0.4, 0.5) is 5.69 Å². The van der Waals surface area contributed by atoms with Crippen LogP contribution < -0.4 is 19.5 Å². The quantitative estimate of drug-likeness (QED) is 0.163. The molecule has 3 aliphatic rings. The number of ketones is 2. The van der Waals surface area contributed by atoms with E-state index in [1.807, 2.05) is 65.7 Å². The van der Waals surface area contributed by atoms with Crippen LogP contribution in [0.2, 0.25) is 0 Å². The van der Waals surface area contributed by atoms with Crippen molar-refractivity contribution in [2.24, 2.45) is 5.92 Å². The summed E-state index contributed by atoms with van der Waals surface area (Å²) in [5.74, 6) is -1.65. The zero-order valence-electron chi connectivity index (χ0n) is 25.4. The number of fused-ring (bicyclic) bond motifs is 6. The zero-order valence-corrected chi connectivity index (χ0v) is 25.4. The normalized spacial score (nSPS) is 22.0. The largest absolute Gasteiger partial charge is 0.493 e. The standard InChI is InChI=1S/C37H30N2O7/c1-21(40)46-25-15-12-23(13-16-25)34(42)32-31(33(41)24-14-17-29(44-2)30(20-24)45-3)37(27-10-6-7-11-28(27)38-36(37)43)35-26-9-5-4-8-22(26)18-19-39(32)35/h4-20,31-32,35H,1-3H3,(H,38,43)/t31-,32+,35-,37-/m0/s1. The van der Waals surface area contributed by atoms with Crippen LogP contribution in [0.3, 0.4) is 0 Å². The Bertz CT molecular complexity index is 1950.